The van der Waals surface area contributed by atoms with Crippen molar-refractivity contribution in [3.8, 4) is 5.75 Å². The molecule has 2 aromatic carbocycles. The van der Waals surface area contributed by atoms with Crippen LogP contribution in [0.25, 0.3) is 0 Å². The Kier molecular flexibility index (Phi) is 5.03. The number of carbonyl (C=O) groups excluding carboxylic acids is 2. The molecule has 1 saturated heterocycles. The van der Waals surface area contributed by atoms with E-state index in [0.717, 1.165) is 5.56 Å². The molecule has 0 bridgehead atoms. The van der Waals surface area contributed by atoms with E-state index >= 15 is 0 Å². The third-order valence-electron chi connectivity index (χ3n) is 5.08. The Bertz CT molecular complexity index is 1030. The highest BCUT2D eigenvalue weighted by Gasteiger charge is 2.43. The monoisotopic (exact) mass is 390 g/mol. The van der Waals surface area contributed by atoms with E-state index in [9.17, 15) is 9.59 Å². The zero-order valence-corrected chi connectivity index (χ0v) is 16.4. The lowest BCUT2D eigenvalue weighted by molar-refractivity contribution is -0.126. The maximum Gasteiger partial charge on any atom is 0.328 e. The molecule has 4 rings (SSSR count). The molecule has 0 aliphatic carbocycles. The van der Waals surface area contributed by atoms with Crippen molar-refractivity contribution in [2.45, 2.75) is 12.6 Å². The SMILES string of the molecule is COc1ccccc1[C@H](c1nccn1C)N1C(=O)CN(Cc2ccccc2)C1=O. The summed E-state index contributed by atoms with van der Waals surface area (Å²) in [6, 6.07) is 16.0. The van der Waals surface area contributed by atoms with E-state index in [1.807, 2.05) is 66.2 Å². The maximum absolute atomic E-state index is 13.3. The van der Waals surface area contributed by atoms with E-state index in [4.69, 9.17) is 4.74 Å². The van der Waals surface area contributed by atoms with Gasteiger partial charge in [-0.05, 0) is 11.6 Å². The van der Waals surface area contributed by atoms with Gasteiger partial charge in [0, 0.05) is 31.5 Å². The van der Waals surface area contributed by atoms with E-state index in [0.29, 0.717) is 23.7 Å². The van der Waals surface area contributed by atoms with E-state index in [2.05, 4.69) is 4.98 Å². The second-order valence-electron chi connectivity index (χ2n) is 6.93. The fraction of sp³-hybridized carbons (Fsp3) is 0.227. The predicted molar refractivity (Wildman–Crippen MR) is 107 cm³/mol. The standard InChI is InChI=1S/C22H22N4O3/c1-24-13-12-23-21(24)20(17-10-6-7-11-18(17)29-2)26-19(27)15-25(22(26)28)14-16-8-4-3-5-9-16/h3-13,20H,14-15H2,1-2H3/t20-/m1/s1. The lowest BCUT2D eigenvalue weighted by Crippen LogP contribution is -2.38. The summed E-state index contributed by atoms with van der Waals surface area (Å²) in [5.74, 6) is 0.935. The molecule has 7 nitrogen and oxygen atoms in total. The first-order chi connectivity index (χ1) is 14.1. The first-order valence-corrected chi connectivity index (χ1v) is 9.35. The minimum atomic E-state index is -0.674. The van der Waals surface area contributed by atoms with Crippen LogP contribution < -0.4 is 4.74 Å². The number of aromatic nitrogens is 2. The van der Waals surface area contributed by atoms with Crippen LogP contribution in [0.2, 0.25) is 0 Å². The van der Waals surface area contributed by atoms with Crippen LogP contribution in [0.5, 0.6) is 5.75 Å². The van der Waals surface area contributed by atoms with Crippen molar-refractivity contribution in [1.29, 1.82) is 0 Å². The van der Waals surface area contributed by atoms with Crippen LogP contribution in [0.4, 0.5) is 4.79 Å². The molecule has 1 aromatic heterocycles. The summed E-state index contributed by atoms with van der Waals surface area (Å²) in [5.41, 5.74) is 1.69. The Balaban J connectivity index is 1.74. The minimum Gasteiger partial charge on any atom is -0.496 e. The first-order valence-electron chi connectivity index (χ1n) is 9.35. The third kappa shape index (κ3) is 3.47. The second-order valence-corrected chi connectivity index (χ2v) is 6.93. The molecule has 29 heavy (non-hydrogen) atoms. The average molecular weight is 390 g/mol. The lowest BCUT2D eigenvalue weighted by atomic mass is 10.0. The van der Waals surface area contributed by atoms with Gasteiger partial charge in [-0.3, -0.25) is 4.79 Å². The molecule has 3 aromatic rings. The van der Waals surface area contributed by atoms with Crippen molar-refractivity contribution >= 4 is 11.9 Å². The fourth-order valence-corrected chi connectivity index (χ4v) is 3.67. The summed E-state index contributed by atoms with van der Waals surface area (Å²) < 4.78 is 7.33. The molecule has 148 valence electrons. The number of benzene rings is 2. The van der Waals surface area contributed by atoms with Crippen LogP contribution in [0, 0.1) is 0 Å². The number of methoxy groups -OCH3 is 1. The third-order valence-corrected chi connectivity index (χ3v) is 5.08. The molecule has 7 heteroatoms. The second kappa shape index (κ2) is 7.79. The van der Waals surface area contributed by atoms with Gasteiger partial charge in [-0.2, -0.15) is 0 Å². The molecular formula is C22H22N4O3. The van der Waals surface area contributed by atoms with Crippen molar-refractivity contribution < 1.29 is 14.3 Å². The predicted octanol–water partition coefficient (Wildman–Crippen LogP) is 2.98. The number of para-hydroxylation sites is 1. The van der Waals surface area contributed by atoms with E-state index in [1.165, 1.54) is 4.90 Å². The maximum atomic E-state index is 13.3. The molecule has 0 N–H and O–H groups in total. The van der Waals surface area contributed by atoms with Crippen molar-refractivity contribution in [2.24, 2.45) is 7.05 Å². The Morgan fingerprint density at radius 3 is 2.48 bits per heavy atom. The van der Waals surface area contributed by atoms with Crippen molar-refractivity contribution in [3.05, 3.63) is 83.9 Å². The van der Waals surface area contributed by atoms with Gasteiger partial charge < -0.3 is 14.2 Å². The summed E-state index contributed by atoms with van der Waals surface area (Å²) in [4.78, 5) is 33.6. The molecule has 0 spiro atoms. The number of nitrogens with zero attached hydrogens (tertiary/aromatic N) is 4. The fourth-order valence-electron chi connectivity index (χ4n) is 3.67. The van der Waals surface area contributed by atoms with Gasteiger partial charge in [-0.25, -0.2) is 14.7 Å². The summed E-state index contributed by atoms with van der Waals surface area (Å²) in [7, 11) is 3.42. The largest absolute Gasteiger partial charge is 0.496 e. The van der Waals surface area contributed by atoms with E-state index < -0.39 is 6.04 Å². The van der Waals surface area contributed by atoms with Gasteiger partial charge in [0.25, 0.3) is 5.91 Å². The highest BCUT2D eigenvalue weighted by Crippen LogP contribution is 2.36. The van der Waals surface area contributed by atoms with Crippen molar-refractivity contribution in [3.63, 3.8) is 0 Å². The lowest BCUT2D eigenvalue weighted by Gasteiger charge is -2.27. The number of amides is 3. The van der Waals surface area contributed by atoms with E-state index in [1.54, 1.807) is 24.4 Å². The zero-order valence-electron chi connectivity index (χ0n) is 16.4. The molecule has 0 saturated carbocycles. The van der Waals surface area contributed by atoms with Crippen LogP contribution in [-0.2, 0) is 18.4 Å². The number of hydrogen-bond donors (Lipinski definition) is 0. The topological polar surface area (TPSA) is 67.7 Å². The smallest absolute Gasteiger partial charge is 0.328 e. The summed E-state index contributed by atoms with van der Waals surface area (Å²) in [6.45, 7) is 0.408. The molecule has 1 aliphatic rings. The first kappa shape index (κ1) is 18.7. The van der Waals surface area contributed by atoms with Crippen molar-refractivity contribution in [2.75, 3.05) is 13.7 Å². The summed E-state index contributed by atoms with van der Waals surface area (Å²) in [6.07, 6.45) is 3.45. The number of carbonyl (C=O) groups is 2. The molecule has 1 aliphatic heterocycles. The van der Waals surface area contributed by atoms with Gasteiger partial charge in [-0.1, -0.05) is 48.5 Å². The summed E-state index contributed by atoms with van der Waals surface area (Å²) in [5, 5.41) is 0. The highest BCUT2D eigenvalue weighted by molar-refractivity contribution is 6.02. The summed E-state index contributed by atoms with van der Waals surface area (Å²) >= 11 is 0. The molecule has 0 unspecified atom stereocenters. The van der Waals surface area contributed by atoms with Gasteiger partial charge in [0.05, 0.1) is 7.11 Å². The van der Waals surface area contributed by atoms with Gasteiger partial charge in [0.2, 0.25) is 0 Å². The normalized spacial score (nSPS) is 15.1. The highest BCUT2D eigenvalue weighted by atomic mass is 16.5. The Labute approximate surface area is 169 Å². The number of rotatable bonds is 6. The number of urea groups is 1. The van der Waals surface area contributed by atoms with Crippen LogP contribution in [0.15, 0.2) is 67.0 Å². The quantitative estimate of drug-likeness (QED) is 0.607. The molecule has 0 radical (unpaired) electrons. The van der Waals surface area contributed by atoms with Crippen LogP contribution >= 0.6 is 0 Å². The minimum absolute atomic E-state index is 0.0315. The van der Waals surface area contributed by atoms with Gasteiger partial charge >= 0.3 is 6.03 Å². The van der Waals surface area contributed by atoms with Gasteiger partial charge in [-0.15, -0.1) is 0 Å². The van der Waals surface area contributed by atoms with Gasteiger partial charge in [0.15, 0.2) is 0 Å². The average Bonchev–Trinajstić information content (AvgIpc) is 3.28. The number of imide groups is 1. The Morgan fingerprint density at radius 2 is 1.79 bits per heavy atom. The molecule has 1 atom stereocenters. The number of aryl methyl sites for hydroxylation is 1. The molecule has 1 fully saturated rings. The Hall–Kier alpha value is -3.61. The molecule has 3 amide bonds. The number of ether oxygens (including phenoxy) is 1. The number of imidazole rings is 1. The zero-order chi connectivity index (χ0) is 20.4. The molecule has 2 heterocycles. The van der Waals surface area contributed by atoms with Crippen molar-refractivity contribution in [1.82, 2.24) is 19.4 Å². The van der Waals surface area contributed by atoms with Gasteiger partial charge in [0.1, 0.15) is 24.2 Å². The number of hydrogen-bond acceptors (Lipinski definition) is 4. The van der Waals surface area contributed by atoms with Crippen LogP contribution in [-0.4, -0.2) is 44.9 Å². The van der Waals surface area contributed by atoms with Crippen LogP contribution in [0.3, 0.4) is 0 Å². The van der Waals surface area contributed by atoms with E-state index in [-0.39, 0.29) is 18.5 Å². The Morgan fingerprint density at radius 1 is 1.07 bits per heavy atom. The molecular weight excluding hydrogens is 368 g/mol. The van der Waals surface area contributed by atoms with Crippen LogP contribution in [0.1, 0.15) is 23.0 Å².